The molecule has 0 saturated carbocycles. The molecule has 0 bridgehead atoms. The zero-order valence-corrected chi connectivity index (χ0v) is 22.1. The van der Waals surface area contributed by atoms with Crippen LogP contribution < -0.4 is 5.32 Å². The normalized spacial score (nSPS) is 15.0. The van der Waals surface area contributed by atoms with Crippen molar-refractivity contribution in [3.05, 3.63) is 117 Å². The highest BCUT2D eigenvalue weighted by atomic mass is 35.5. The van der Waals surface area contributed by atoms with Gasteiger partial charge in [-0.1, -0.05) is 59.6 Å². The molecule has 5 rings (SSSR count). The largest absolute Gasteiger partial charge is 0.445 e. The molecule has 6 nitrogen and oxygen atoms in total. The van der Waals surface area contributed by atoms with Crippen LogP contribution in [0.15, 0.2) is 71.4 Å². The van der Waals surface area contributed by atoms with Crippen molar-refractivity contribution < 1.29 is 9.21 Å². The quantitative estimate of drug-likeness (QED) is 0.272. The standard InChI is InChI=1S/C29H28Cl2N4O2/c1-19-15-33-26(37-19)18-35(25-12-3-8-22-9-5-13-32-28(22)25)17-21-7-2-6-20(14-21)16-34-29(36)27-23(30)10-4-11-24(27)31/h2,4-7,9-11,13-15,25H,3,8,12,16-18H2,1H3,(H,34,36). The van der Waals surface area contributed by atoms with Gasteiger partial charge in [0.1, 0.15) is 5.76 Å². The van der Waals surface area contributed by atoms with Crippen LogP contribution in [-0.4, -0.2) is 20.8 Å². The number of benzene rings is 2. The van der Waals surface area contributed by atoms with Crippen LogP contribution in [0.2, 0.25) is 10.0 Å². The van der Waals surface area contributed by atoms with Gasteiger partial charge in [-0.3, -0.25) is 14.7 Å². The third-order valence-corrected chi connectivity index (χ3v) is 7.26. The molecule has 1 unspecified atom stereocenters. The second kappa shape index (κ2) is 11.5. The van der Waals surface area contributed by atoms with Crippen LogP contribution in [0.3, 0.4) is 0 Å². The number of aromatic nitrogens is 2. The lowest BCUT2D eigenvalue weighted by Crippen LogP contribution is -2.31. The first-order valence-electron chi connectivity index (χ1n) is 12.4. The number of fused-ring (bicyclic) bond motifs is 1. The zero-order valence-electron chi connectivity index (χ0n) is 20.6. The number of nitrogens with zero attached hydrogens (tertiary/aromatic N) is 3. The molecule has 0 saturated heterocycles. The van der Waals surface area contributed by atoms with Crippen LogP contribution in [0, 0.1) is 6.92 Å². The molecule has 2 aromatic heterocycles. The molecule has 0 fully saturated rings. The van der Waals surface area contributed by atoms with Crippen LogP contribution in [0.25, 0.3) is 0 Å². The highest BCUT2D eigenvalue weighted by molar-refractivity contribution is 6.39. The van der Waals surface area contributed by atoms with E-state index in [-0.39, 0.29) is 17.5 Å². The number of halogens is 2. The number of aryl methyl sites for hydroxylation is 2. The van der Waals surface area contributed by atoms with E-state index < -0.39 is 0 Å². The number of rotatable bonds is 8. The van der Waals surface area contributed by atoms with Crippen molar-refractivity contribution in [1.29, 1.82) is 0 Å². The third kappa shape index (κ3) is 6.04. The maximum atomic E-state index is 12.7. The minimum atomic E-state index is -0.299. The Morgan fingerprint density at radius 3 is 2.62 bits per heavy atom. The van der Waals surface area contributed by atoms with Crippen LogP contribution in [0.4, 0.5) is 0 Å². The Morgan fingerprint density at radius 2 is 1.84 bits per heavy atom. The Kier molecular flexibility index (Phi) is 7.89. The second-order valence-electron chi connectivity index (χ2n) is 9.32. The van der Waals surface area contributed by atoms with Gasteiger partial charge in [-0.2, -0.15) is 0 Å². The molecule has 1 N–H and O–H groups in total. The zero-order chi connectivity index (χ0) is 25.8. The van der Waals surface area contributed by atoms with E-state index in [2.05, 4.69) is 33.4 Å². The van der Waals surface area contributed by atoms with Crippen LogP contribution >= 0.6 is 23.2 Å². The molecule has 0 aliphatic heterocycles. The van der Waals surface area contributed by atoms with Crippen LogP contribution in [0.1, 0.15) is 63.3 Å². The first-order valence-corrected chi connectivity index (χ1v) is 13.1. The second-order valence-corrected chi connectivity index (χ2v) is 10.1. The predicted molar refractivity (Wildman–Crippen MR) is 144 cm³/mol. The smallest absolute Gasteiger partial charge is 0.254 e. The van der Waals surface area contributed by atoms with E-state index in [0.29, 0.717) is 35.6 Å². The summed E-state index contributed by atoms with van der Waals surface area (Å²) in [7, 11) is 0. The van der Waals surface area contributed by atoms with Gasteiger partial charge in [0.25, 0.3) is 5.91 Å². The molecule has 1 aliphatic rings. The van der Waals surface area contributed by atoms with Gasteiger partial charge < -0.3 is 9.73 Å². The summed E-state index contributed by atoms with van der Waals surface area (Å²) in [6.07, 6.45) is 6.82. The fraction of sp³-hybridized carbons (Fsp3) is 0.276. The van der Waals surface area contributed by atoms with E-state index in [0.717, 1.165) is 41.8 Å². The molecule has 37 heavy (non-hydrogen) atoms. The fourth-order valence-corrected chi connectivity index (χ4v) is 5.49. The number of carbonyl (C=O) groups is 1. The van der Waals surface area contributed by atoms with Crippen molar-refractivity contribution >= 4 is 29.1 Å². The van der Waals surface area contributed by atoms with Crippen molar-refractivity contribution in [1.82, 2.24) is 20.2 Å². The van der Waals surface area contributed by atoms with E-state index in [1.807, 2.05) is 31.3 Å². The highest BCUT2D eigenvalue weighted by Gasteiger charge is 2.28. The molecule has 2 heterocycles. The first-order chi connectivity index (χ1) is 18.0. The van der Waals surface area contributed by atoms with Gasteiger partial charge in [-0.25, -0.2) is 4.98 Å². The molecule has 1 amide bonds. The number of oxazole rings is 1. The first kappa shape index (κ1) is 25.5. The topological polar surface area (TPSA) is 71.3 Å². The van der Waals surface area contributed by atoms with Gasteiger partial charge >= 0.3 is 0 Å². The monoisotopic (exact) mass is 534 g/mol. The Bertz CT molecular complexity index is 1380. The van der Waals surface area contributed by atoms with Gasteiger partial charge in [0.15, 0.2) is 0 Å². The molecule has 1 aliphatic carbocycles. The maximum absolute atomic E-state index is 12.7. The van der Waals surface area contributed by atoms with Crippen molar-refractivity contribution in [3.8, 4) is 0 Å². The van der Waals surface area contributed by atoms with Crippen LogP contribution in [-0.2, 0) is 26.1 Å². The molecule has 190 valence electrons. The third-order valence-electron chi connectivity index (χ3n) is 6.63. The summed E-state index contributed by atoms with van der Waals surface area (Å²) in [6, 6.07) is 17.6. The number of nitrogens with one attached hydrogen (secondary N) is 1. The average molecular weight is 535 g/mol. The fourth-order valence-electron chi connectivity index (χ4n) is 4.92. The minimum absolute atomic E-state index is 0.169. The summed E-state index contributed by atoms with van der Waals surface area (Å²) in [6.45, 7) is 3.55. The molecular formula is C29H28Cl2N4O2. The number of amides is 1. The van der Waals surface area contributed by atoms with Gasteiger partial charge in [-0.05, 0) is 61.1 Å². The summed E-state index contributed by atoms with van der Waals surface area (Å²) >= 11 is 12.4. The number of hydrogen-bond acceptors (Lipinski definition) is 5. The Labute approximate surface area is 226 Å². The lowest BCUT2D eigenvalue weighted by atomic mass is 9.90. The van der Waals surface area contributed by atoms with Gasteiger partial charge in [0.2, 0.25) is 5.89 Å². The van der Waals surface area contributed by atoms with E-state index in [4.69, 9.17) is 32.6 Å². The lowest BCUT2D eigenvalue weighted by molar-refractivity contribution is 0.0951. The maximum Gasteiger partial charge on any atom is 0.254 e. The van der Waals surface area contributed by atoms with Crippen molar-refractivity contribution in [3.63, 3.8) is 0 Å². The summed E-state index contributed by atoms with van der Waals surface area (Å²) in [5, 5.41) is 3.60. The van der Waals surface area contributed by atoms with Crippen molar-refractivity contribution in [2.45, 2.75) is 51.9 Å². The van der Waals surface area contributed by atoms with E-state index >= 15 is 0 Å². The van der Waals surface area contributed by atoms with Gasteiger partial charge in [-0.15, -0.1) is 0 Å². The molecule has 4 aromatic rings. The molecular weight excluding hydrogens is 507 g/mol. The molecule has 1 atom stereocenters. The number of carbonyl (C=O) groups excluding carboxylic acids is 1. The predicted octanol–water partition coefficient (Wildman–Crippen LogP) is 6.69. The number of hydrogen-bond donors (Lipinski definition) is 1. The molecule has 2 aromatic carbocycles. The number of pyridine rings is 1. The molecule has 0 spiro atoms. The lowest BCUT2D eigenvalue weighted by Gasteiger charge is -2.34. The Hall–Kier alpha value is -3.19. The molecule has 0 radical (unpaired) electrons. The van der Waals surface area contributed by atoms with Gasteiger partial charge in [0, 0.05) is 19.3 Å². The summed E-state index contributed by atoms with van der Waals surface area (Å²) in [5.74, 6) is 1.20. The van der Waals surface area contributed by atoms with E-state index in [1.165, 1.54) is 5.56 Å². The van der Waals surface area contributed by atoms with E-state index in [9.17, 15) is 4.79 Å². The highest BCUT2D eigenvalue weighted by Crippen LogP contribution is 2.35. The van der Waals surface area contributed by atoms with Crippen molar-refractivity contribution in [2.75, 3.05) is 0 Å². The Balaban J connectivity index is 1.35. The SMILES string of the molecule is Cc1cnc(CN(Cc2cccc(CNC(=O)c3c(Cl)cccc3Cl)c2)C2CCCc3cccnc32)o1. The van der Waals surface area contributed by atoms with Crippen molar-refractivity contribution in [2.24, 2.45) is 0 Å². The minimum Gasteiger partial charge on any atom is -0.445 e. The van der Waals surface area contributed by atoms with E-state index in [1.54, 1.807) is 24.4 Å². The van der Waals surface area contributed by atoms with Crippen LogP contribution in [0.5, 0.6) is 0 Å². The summed E-state index contributed by atoms with van der Waals surface area (Å²) < 4.78 is 5.84. The Morgan fingerprint density at radius 1 is 1.05 bits per heavy atom. The average Bonchev–Trinajstić information content (AvgIpc) is 3.31. The molecule has 8 heteroatoms. The summed E-state index contributed by atoms with van der Waals surface area (Å²) in [5.41, 5.74) is 4.86. The summed E-state index contributed by atoms with van der Waals surface area (Å²) in [4.78, 5) is 24.3. The van der Waals surface area contributed by atoms with Gasteiger partial charge in [0.05, 0.1) is 40.1 Å².